The third-order valence-corrected chi connectivity index (χ3v) is 6.96. The van der Waals surface area contributed by atoms with Gasteiger partial charge < -0.3 is 15.1 Å². The second-order valence-electron chi connectivity index (χ2n) is 8.10. The van der Waals surface area contributed by atoms with Crippen LogP contribution in [0.4, 0.5) is 4.39 Å². The van der Waals surface area contributed by atoms with Gasteiger partial charge in [0.25, 0.3) is 0 Å². The Balaban J connectivity index is 1.62. The molecule has 0 aliphatic carbocycles. The van der Waals surface area contributed by atoms with Crippen LogP contribution >= 0.6 is 19.4 Å². The lowest BCUT2D eigenvalue weighted by Crippen LogP contribution is -2.17. The molecule has 2 aromatic rings. The van der Waals surface area contributed by atoms with Crippen molar-refractivity contribution in [2.75, 3.05) is 18.5 Å². The van der Waals surface area contributed by atoms with Gasteiger partial charge in [-0.05, 0) is 66.8 Å². The first-order valence-electron chi connectivity index (χ1n) is 10.2. The predicted molar refractivity (Wildman–Crippen MR) is 121 cm³/mol. The quantitative estimate of drug-likeness (QED) is 0.221. The SMILES string of the molecule is CC(C)(CCCCSc1ccc(CNCCCP(=O)(O)O)nc1)c1ccc(F)cc1. The Morgan fingerprint density at radius 2 is 1.83 bits per heavy atom. The van der Waals surface area contributed by atoms with Gasteiger partial charge in [-0.1, -0.05) is 32.4 Å². The van der Waals surface area contributed by atoms with E-state index in [1.54, 1.807) is 11.8 Å². The molecule has 0 amide bonds. The van der Waals surface area contributed by atoms with E-state index in [-0.39, 0.29) is 17.4 Å². The van der Waals surface area contributed by atoms with Gasteiger partial charge in [0.05, 0.1) is 11.9 Å². The molecule has 0 radical (unpaired) electrons. The summed E-state index contributed by atoms with van der Waals surface area (Å²) in [4.78, 5) is 23.2. The summed E-state index contributed by atoms with van der Waals surface area (Å²) < 4.78 is 23.9. The molecule has 0 aliphatic heterocycles. The number of nitrogens with one attached hydrogen (secondary N) is 1. The number of pyridine rings is 1. The second-order valence-corrected chi connectivity index (χ2v) is 11.0. The monoisotopic (exact) mass is 454 g/mol. The van der Waals surface area contributed by atoms with Gasteiger partial charge in [-0.3, -0.25) is 9.55 Å². The Morgan fingerprint density at radius 3 is 2.47 bits per heavy atom. The molecule has 1 heterocycles. The highest BCUT2D eigenvalue weighted by molar-refractivity contribution is 7.99. The van der Waals surface area contributed by atoms with Crippen LogP contribution in [0.1, 0.15) is 50.8 Å². The summed E-state index contributed by atoms with van der Waals surface area (Å²) in [6, 6.07) is 10.9. The molecule has 0 bridgehead atoms. The number of thioether (sulfide) groups is 1. The molecule has 0 unspecified atom stereocenters. The average molecular weight is 455 g/mol. The Hall–Kier alpha value is -1.24. The summed E-state index contributed by atoms with van der Waals surface area (Å²) in [6.07, 6.45) is 5.50. The van der Waals surface area contributed by atoms with Crippen LogP contribution in [0, 0.1) is 5.82 Å². The van der Waals surface area contributed by atoms with Crippen LogP contribution in [-0.4, -0.2) is 33.2 Å². The molecule has 0 atom stereocenters. The Morgan fingerprint density at radius 1 is 1.10 bits per heavy atom. The maximum Gasteiger partial charge on any atom is 0.325 e. The van der Waals surface area contributed by atoms with Gasteiger partial charge in [0.2, 0.25) is 0 Å². The Bertz CT molecular complexity index is 810. The molecule has 8 heteroatoms. The Kier molecular flexibility index (Phi) is 9.98. The van der Waals surface area contributed by atoms with Crippen molar-refractivity contribution in [3.63, 3.8) is 0 Å². The first-order valence-corrected chi connectivity index (χ1v) is 13.0. The maximum absolute atomic E-state index is 13.1. The highest BCUT2D eigenvalue weighted by atomic mass is 32.2. The van der Waals surface area contributed by atoms with Gasteiger partial charge in [-0.2, -0.15) is 0 Å². The lowest BCUT2D eigenvalue weighted by Gasteiger charge is -2.25. The van der Waals surface area contributed by atoms with Crippen LogP contribution < -0.4 is 5.32 Å². The molecule has 30 heavy (non-hydrogen) atoms. The number of nitrogens with zero attached hydrogens (tertiary/aromatic N) is 1. The van der Waals surface area contributed by atoms with Crippen molar-refractivity contribution in [3.8, 4) is 0 Å². The van der Waals surface area contributed by atoms with Crippen LogP contribution in [0.3, 0.4) is 0 Å². The molecule has 2 rings (SSSR count). The highest BCUT2D eigenvalue weighted by Gasteiger charge is 2.19. The normalized spacial score (nSPS) is 12.3. The van der Waals surface area contributed by atoms with Crippen LogP contribution in [0.15, 0.2) is 47.5 Å². The van der Waals surface area contributed by atoms with Gasteiger partial charge in [-0.15, -0.1) is 11.8 Å². The van der Waals surface area contributed by atoms with E-state index in [2.05, 4.69) is 30.2 Å². The zero-order valence-corrected chi connectivity index (χ0v) is 19.4. The topological polar surface area (TPSA) is 82.5 Å². The third kappa shape index (κ3) is 9.71. The minimum absolute atomic E-state index is 0.0415. The lowest BCUT2D eigenvalue weighted by molar-refractivity contribution is 0.371. The van der Waals surface area contributed by atoms with Crippen molar-refractivity contribution < 1.29 is 18.7 Å². The molecular weight excluding hydrogens is 422 g/mol. The second kappa shape index (κ2) is 12.0. The summed E-state index contributed by atoms with van der Waals surface area (Å²) >= 11 is 1.79. The number of benzene rings is 1. The molecule has 0 spiro atoms. The van der Waals surface area contributed by atoms with Crippen LogP contribution in [0.2, 0.25) is 0 Å². The molecule has 0 aliphatic rings. The maximum atomic E-state index is 13.1. The summed E-state index contributed by atoms with van der Waals surface area (Å²) in [5.74, 6) is 0.836. The van der Waals surface area contributed by atoms with Gasteiger partial charge in [0.15, 0.2) is 0 Å². The lowest BCUT2D eigenvalue weighted by atomic mass is 9.80. The molecule has 166 valence electrons. The zero-order chi connectivity index (χ0) is 22.0. The minimum atomic E-state index is -3.90. The predicted octanol–water partition coefficient (Wildman–Crippen LogP) is 5.12. The summed E-state index contributed by atoms with van der Waals surface area (Å²) in [5, 5.41) is 3.15. The van der Waals surface area contributed by atoms with Crippen molar-refractivity contribution in [2.45, 2.75) is 56.4 Å². The smallest absolute Gasteiger partial charge is 0.324 e. The van der Waals surface area contributed by atoms with Crippen LogP contribution in [0.5, 0.6) is 0 Å². The molecule has 5 nitrogen and oxygen atoms in total. The summed E-state index contributed by atoms with van der Waals surface area (Å²) in [6.45, 7) is 5.55. The van der Waals surface area contributed by atoms with Crippen molar-refractivity contribution in [1.29, 1.82) is 0 Å². The summed E-state index contributed by atoms with van der Waals surface area (Å²) in [5.41, 5.74) is 2.13. The van der Waals surface area contributed by atoms with Gasteiger partial charge in [0, 0.05) is 17.6 Å². The largest absolute Gasteiger partial charge is 0.325 e. The fourth-order valence-corrected chi connectivity index (χ4v) is 4.58. The number of halogens is 1. The van der Waals surface area contributed by atoms with Crippen molar-refractivity contribution >= 4 is 19.4 Å². The van der Waals surface area contributed by atoms with E-state index in [9.17, 15) is 8.96 Å². The molecule has 3 N–H and O–H groups in total. The highest BCUT2D eigenvalue weighted by Crippen LogP contribution is 2.34. The van der Waals surface area contributed by atoms with E-state index in [1.807, 2.05) is 24.4 Å². The Labute approximate surface area is 183 Å². The minimum Gasteiger partial charge on any atom is -0.324 e. The summed E-state index contributed by atoms with van der Waals surface area (Å²) in [7, 11) is -3.90. The number of hydrogen-bond acceptors (Lipinski definition) is 4. The standard InChI is InChI=1S/C22H32FN2O3PS/c1-22(2,18-6-8-19(23)9-7-18)12-3-4-15-30-21-11-10-20(25-17-21)16-24-13-5-14-29(26,27)28/h6-11,17,24H,3-5,12-16H2,1-2H3,(H2,26,27,28). The van der Waals surface area contributed by atoms with E-state index >= 15 is 0 Å². The van der Waals surface area contributed by atoms with Crippen molar-refractivity contribution in [2.24, 2.45) is 0 Å². The molecular formula is C22H32FN2O3PS. The fraction of sp³-hybridized carbons (Fsp3) is 0.500. The number of unbranched alkanes of at least 4 members (excludes halogenated alkanes) is 1. The van der Waals surface area contributed by atoms with E-state index in [1.165, 1.54) is 17.7 Å². The number of aromatic nitrogens is 1. The van der Waals surface area contributed by atoms with E-state index in [4.69, 9.17) is 9.79 Å². The molecule has 0 saturated heterocycles. The van der Waals surface area contributed by atoms with Crippen LogP contribution in [0.25, 0.3) is 0 Å². The average Bonchev–Trinajstić information content (AvgIpc) is 2.68. The van der Waals surface area contributed by atoms with Crippen molar-refractivity contribution in [3.05, 3.63) is 59.7 Å². The molecule has 0 fully saturated rings. The van der Waals surface area contributed by atoms with E-state index < -0.39 is 7.60 Å². The first kappa shape index (κ1) is 25.0. The molecule has 1 aromatic heterocycles. The van der Waals surface area contributed by atoms with E-state index in [0.717, 1.165) is 35.6 Å². The number of rotatable bonds is 13. The molecule has 0 saturated carbocycles. The fourth-order valence-electron chi connectivity index (χ4n) is 3.13. The van der Waals surface area contributed by atoms with E-state index in [0.29, 0.717) is 19.5 Å². The van der Waals surface area contributed by atoms with Crippen molar-refractivity contribution in [1.82, 2.24) is 10.3 Å². The number of hydrogen-bond donors (Lipinski definition) is 3. The molecule has 1 aromatic carbocycles. The van der Waals surface area contributed by atoms with Gasteiger partial charge >= 0.3 is 7.60 Å². The van der Waals surface area contributed by atoms with Gasteiger partial charge in [0.1, 0.15) is 5.82 Å². The third-order valence-electron chi connectivity index (χ3n) is 5.00. The van der Waals surface area contributed by atoms with Crippen LogP contribution in [-0.2, 0) is 16.5 Å². The first-order chi connectivity index (χ1) is 14.2. The zero-order valence-electron chi connectivity index (χ0n) is 17.7. The van der Waals surface area contributed by atoms with Gasteiger partial charge in [-0.25, -0.2) is 4.39 Å².